The molecule has 1 fully saturated rings. The van der Waals surface area contributed by atoms with Gasteiger partial charge in [0.1, 0.15) is 12.4 Å². The standard InChI is InChI=1S/C19H28N2O7.2C2H6/c1-12(23)26-11-13-3-4-17(16(7-13)19(25)21-6-5-20-2)28-18-9-14(24)8-15(10-22)27-18;2*1-2/h3-4,7,14-15,18,20,22,24H,5-6,8-11H2,1-2H3,(H,21,25);2*1-2H3. The predicted octanol–water partition coefficient (Wildman–Crippen LogP) is 1.99. The van der Waals surface area contributed by atoms with Crippen LogP contribution in [-0.2, 0) is 20.9 Å². The molecule has 1 aromatic carbocycles. The number of nitrogens with one attached hydrogen (secondary N) is 2. The van der Waals surface area contributed by atoms with Gasteiger partial charge < -0.3 is 35.1 Å². The lowest BCUT2D eigenvalue weighted by Gasteiger charge is -2.32. The zero-order valence-electron chi connectivity index (χ0n) is 20.1. The van der Waals surface area contributed by atoms with Crippen LogP contribution in [0.1, 0.15) is 63.4 Å². The van der Waals surface area contributed by atoms with E-state index in [1.165, 1.54) is 6.92 Å². The Morgan fingerprint density at radius 3 is 2.44 bits per heavy atom. The monoisotopic (exact) mass is 456 g/mol. The molecule has 0 spiro atoms. The van der Waals surface area contributed by atoms with Crippen molar-refractivity contribution in [3.63, 3.8) is 0 Å². The van der Waals surface area contributed by atoms with Gasteiger partial charge in [-0.2, -0.15) is 0 Å². The number of carbonyl (C=O) groups is 2. The number of hydrogen-bond donors (Lipinski definition) is 4. The lowest BCUT2D eigenvalue weighted by atomic mass is 10.1. The molecule has 9 heteroatoms. The van der Waals surface area contributed by atoms with Crippen molar-refractivity contribution in [2.24, 2.45) is 0 Å². The van der Waals surface area contributed by atoms with Crippen LogP contribution in [0.5, 0.6) is 5.75 Å². The Bertz CT molecular complexity index is 670. The smallest absolute Gasteiger partial charge is 0.302 e. The van der Waals surface area contributed by atoms with Crippen LogP contribution < -0.4 is 15.4 Å². The average Bonchev–Trinajstić information content (AvgIpc) is 2.80. The summed E-state index contributed by atoms with van der Waals surface area (Å²) in [7, 11) is 1.78. The summed E-state index contributed by atoms with van der Waals surface area (Å²) in [5.41, 5.74) is 0.907. The lowest BCUT2D eigenvalue weighted by Crippen LogP contribution is -2.40. The molecule has 3 unspecified atom stereocenters. The van der Waals surface area contributed by atoms with Crippen molar-refractivity contribution in [2.45, 2.75) is 72.6 Å². The fourth-order valence-corrected chi connectivity index (χ4v) is 2.81. The molecule has 9 nitrogen and oxygen atoms in total. The van der Waals surface area contributed by atoms with Gasteiger partial charge in [-0.15, -0.1) is 0 Å². The average molecular weight is 457 g/mol. The third-order valence-corrected chi connectivity index (χ3v) is 4.20. The number of likely N-dealkylation sites (N-methyl/N-ethyl adjacent to an activating group) is 1. The van der Waals surface area contributed by atoms with Crippen LogP contribution in [0.4, 0.5) is 0 Å². The van der Waals surface area contributed by atoms with Gasteiger partial charge in [0, 0.05) is 32.9 Å². The molecule has 1 saturated heterocycles. The zero-order chi connectivity index (χ0) is 24.5. The van der Waals surface area contributed by atoms with Crippen LogP contribution >= 0.6 is 0 Å². The summed E-state index contributed by atoms with van der Waals surface area (Å²) in [6.07, 6.45) is -1.41. The number of esters is 1. The van der Waals surface area contributed by atoms with Gasteiger partial charge in [0.2, 0.25) is 6.29 Å². The normalized spacial score (nSPS) is 19.4. The molecule has 2 rings (SSSR count). The fourth-order valence-electron chi connectivity index (χ4n) is 2.81. The molecule has 4 N–H and O–H groups in total. The molecule has 32 heavy (non-hydrogen) atoms. The Kier molecular flexibility index (Phi) is 16.2. The van der Waals surface area contributed by atoms with E-state index < -0.39 is 24.5 Å². The molecule has 1 amide bonds. The Morgan fingerprint density at radius 1 is 1.16 bits per heavy atom. The predicted molar refractivity (Wildman–Crippen MR) is 122 cm³/mol. The molecule has 3 atom stereocenters. The molecule has 1 aliphatic heterocycles. The summed E-state index contributed by atoms with van der Waals surface area (Å²) >= 11 is 0. The lowest BCUT2D eigenvalue weighted by molar-refractivity contribution is -0.184. The summed E-state index contributed by atoms with van der Waals surface area (Å²) in [5, 5.41) is 25.0. The second kappa shape index (κ2) is 17.4. The molecule has 0 saturated carbocycles. The molecule has 0 radical (unpaired) electrons. The summed E-state index contributed by atoms with van der Waals surface area (Å²) in [5.74, 6) is -0.477. The number of amides is 1. The highest BCUT2D eigenvalue weighted by atomic mass is 16.7. The van der Waals surface area contributed by atoms with Gasteiger partial charge in [-0.1, -0.05) is 33.8 Å². The summed E-state index contributed by atoms with van der Waals surface area (Å²) in [6.45, 7) is 10.2. The van der Waals surface area contributed by atoms with E-state index in [2.05, 4.69) is 10.6 Å². The van der Waals surface area contributed by atoms with Crippen LogP contribution in [-0.4, -0.2) is 67.3 Å². The third-order valence-electron chi connectivity index (χ3n) is 4.20. The van der Waals surface area contributed by atoms with Crippen molar-refractivity contribution < 1.29 is 34.0 Å². The molecular formula is C23H40N2O7. The van der Waals surface area contributed by atoms with Gasteiger partial charge in [-0.05, 0) is 24.7 Å². The molecule has 0 bridgehead atoms. The van der Waals surface area contributed by atoms with Crippen molar-refractivity contribution in [3.8, 4) is 5.75 Å². The molecule has 0 aliphatic carbocycles. The summed E-state index contributed by atoms with van der Waals surface area (Å²) < 4.78 is 16.4. The van der Waals surface area contributed by atoms with Crippen molar-refractivity contribution in [3.05, 3.63) is 29.3 Å². The van der Waals surface area contributed by atoms with Crippen LogP contribution in [0.2, 0.25) is 0 Å². The van der Waals surface area contributed by atoms with E-state index in [0.717, 1.165) is 0 Å². The number of aliphatic hydroxyl groups is 2. The van der Waals surface area contributed by atoms with Crippen LogP contribution in [0.15, 0.2) is 18.2 Å². The zero-order valence-corrected chi connectivity index (χ0v) is 20.1. The van der Waals surface area contributed by atoms with Crippen molar-refractivity contribution in [1.29, 1.82) is 0 Å². The molecule has 0 aromatic heterocycles. The molecular weight excluding hydrogens is 416 g/mol. The Balaban J connectivity index is 0.00000227. The fraction of sp³-hybridized carbons (Fsp3) is 0.652. The maximum absolute atomic E-state index is 12.6. The second-order valence-corrected chi connectivity index (χ2v) is 6.58. The highest BCUT2D eigenvalue weighted by molar-refractivity contribution is 5.97. The summed E-state index contributed by atoms with van der Waals surface area (Å²) in [6, 6.07) is 4.88. The van der Waals surface area contributed by atoms with E-state index in [0.29, 0.717) is 25.1 Å². The molecule has 1 aromatic rings. The number of rotatable bonds is 9. The summed E-state index contributed by atoms with van der Waals surface area (Å²) in [4.78, 5) is 23.6. The molecule has 184 valence electrons. The van der Waals surface area contributed by atoms with Gasteiger partial charge in [-0.3, -0.25) is 9.59 Å². The van der Waals surface area contributed by atoms with Gasteiger partial charge in [-0.25, -0.2) is 0 Å². The van der Waals surface area contributed by atoms with Crippen molar-refractivity contribution >= 4 is 11.9 Å². The van der Waals surface area contributed by atoms with Gasteiger partial charge in [0.05, 0.1) is 24.4 Å². The maximum Gasteiger partial charge on any atom is 0.302 e. The van der Waals surface area contributed by atoms with Gasteiger partial charge in [0.15, 0.2) is 0 Å². The minimum atomic E-state index is -0.788. The Hall–Kier alpha value is -2.20. The van der Waals surface area contributed by atoms with Crippen LogP contribution in [0, 0.1) is 0 Å². The topological polar surface area (TPSA) is 126 Å². The number of benzene rings is 1. The van der Waals surface area contributed by atoms with Crippen molar-refractivity contribution in [2.75, 3.05) is 26.7 Å². The van der Waals surface area contributed by atoms with Gasteiger partial charge >= 0.3 is 5.97 Å². The SMILES string of the molecule is CC.CC.CNCCNC(=O)c1cc(COC(C)=O)ccc1OC1CC(O)CC(CO)O1. The first-order chi connectivity index (χ1) is 15.4. The molecule has 1 aliphatic rings. The van der Waals surface area contributed by atoms with E-state index in [4.69, 9.17) is 14.2 Å². The number of hydrogen-bond acceptors (Lipinski definition) is 8. The van der Waals surface area contributed by atoms with Crippen LogP contribution in [0.3, 0.4) is 0 Å². The first-order valence-corrected chi connectivity index (χ1v) is 11.2. The van der Waals surface area contributed by atoms with E-state index in [-0.39, 0.29) is 36.9 Å². The third kappa shape index (κ3) is 10.9. The van der Waals surface area contributed by atoms with Crippen LogP contribution in [0.25, 0.3) is 0 Å². The maximum atomic E-state index is 12.6. The van der Waals surface area contributed by atoms with E-state index in [1.54, 1.807) is 25.2 Å². The Morgan fingerprint density at radius 2 is 1.84 bits per heavy atom. The number of carbonyl (C=O) groups excluding carboxylic acids is 2. The van der Waals surface area contributed by atoms with E-state index >= 15 is 0 Å². The van der Waals surface area contributed by atoms with Gasteiger partial charge in [0.25, 0.3) is 5.91 Å². The Labute approximate surface area is 191 Å². The highest BCUT2D eigenvalue weighted by Crippen LogP contribution is 2.27. The molecule has 1 heterocycles. The number of ether oxygens (including phenoxy) is 3. The van der Waals surface area contributed by atoms with E-state index in [9.17, 15) is 19.8 Å². The number of aliphatic hydroxyl groups excluding tert-OH is 2. The van der Waals surface area contributed by atoms with Crippen molar-refractivity contribution in [1.82, 2.24) is 10.6 Å². The first kappa shape index (κ1) is 29.8. The first-order valence-electron chi connectivity index (χ1n) is 11.2. The quantitative estimate of drug-likeness (QED) is 0.328. The largest absolute Gasteiger partial charge is 0.464 e. The minimum Gasteiger partial charge on any atom is -0.464 e. The van der Waals surface area contributed by atoms with E-state index in [1.807, 2.05) is 27.7 Å². The highest BCUT2D eigenvalue weighted by Gasteiger charge is 2.30. The second-order valence-electron chi connectivity index (χ2n) is 6.58. The minimum absolute atomic E-state index is 0.0393.